The maximum Gasteiger partial charge on any atom is 0.240 e. The van der Waals surface area contributed by atoms with Crippen LogP contribution < -0.4 is 11.1 Å². The Morgan fingerprint density at radius 1 is 1.23 bits per heavy atom. The molecule has 22 heavy (non-hydrogen) atoms. The first-order valence-electron chi connectivity index (χ1n) is 8.28. The highest BCUT2D eigenvalue weighted by Gasteiger charge is 2.38. The molecule has 0 aromatic carbocycles. The van der Waals surface area contributed by atoms with Gasteiger partial charge >= 0.3 is 0 Å². The Morgan fingerprint density at radius 2 is 1.77 bits per heavy atom. The summed E-state index contributed by atoms with van der Waals surface area (Å²) in [4.78, 5) is 26.2. The molecule has 1 aliphatic heterocycles. The van der Waals surface area contributed by atoms with Crippen LogP contribution >= 0.6 is 12.4 Å². The maximum absolute atomic E-state index is 12.3. The van der Waals surface area contributed by atoms with Crippen molar-refractivity contribution >= 4 is 24.2 Å². The Hall–Kier alpha value is -0.810. The SMILES string of the molecule is CC(C)CC(=O)N1CCC(NC(=O)C2(N)CCCC2)CC1.Cl. The number of likely N-dealkylation sites (tertiary alicyclic amines) is 1. The number of hydrogen-bond acceptors (Lipinski definition) is 3. The molecule has 0 aromatic heterocycles. The topological polar surface area (TPSA) is 75.4 Å². The van der Waals surface area contributed by atoms with Crippen molar-refractivity contribution in [3.05, 3.63) is 0 Å². The van der Waals surface area contributed by atoms with Gasteiger partial charge in [0, 0.05) is 25.6 Å². The largest absolute Gasteiger partial charge is 0.352 e. The van der Waals surface area contributed by atoms with Gasteiger partial charge in [0.05, 0.1) is 5.54 Å². The molecular weight excluding hydrogens is 302 g/mol. The average Bonchev–Trinajstić information content (AvgIpc) is 2.87. The van der Waals surface area contributed by atoms with Gasteiger partial charge in [0.15, 0.2) is 0 Å². The summed E-state index contributed by atoms with van der Waals surface area (Å²) in [6.07, 6.45) is 5.98. The normalized spacial score (nSPS) is 21.5. The molecule has 0 radical (unpaired) electrons. The van der Waals surface area contributed by atoms with E-state index < -0.39 is 5.54 Å². The molecule has 2 rings (SSSR count). The van der Waals surface area contributed by atoms with E-state index in [-0.39, 0.29) is 30.3 Å². The summed E-state index contributed by atoms with van der Waals surface area (Å²) >= 11 is 0. The van der Waals surface area contributed by atoms with E-state index in [0.717, 1.165) is 51.6 Å². The minimum Gasteiger partial charge on any atom is -0.352 e. The van der Waals surface area contributed by atoms with Crippen LogP contribution in [-0.4, -0.2) is 41.4 Å². The van der Waals surface area contributed by atoms with Gasteiger partial charge in [-0.05, 0) is 31.6 Å². The zero-order valence-electron chi connectivity index (χ0n) is 13.8. The molecule has 2 aliphatic rings. The van der Waals surface area contributed by atoms with Gasteiger partial charge in [0.1, 0.15) is 0 Å². The standard InChI is InChI=1S/C16H29N3O2.ClH/c1-12(2)11-14(20)19-9-5-13(6-10-19)18-15(21)16(17)7-3-4-8-16;/h12-13H,3-11,17H2,1-2H3,(H,18,21);1H. The fraction of sp³-hybridized carbons (Fsp3) is 0.875. The number of piperidine rings is 1. The number of carbonyl (C=O) groups excluding carboxylic acids is 2. The molecule has 3 N–H and O–H groups in total. The number of carbonyl (C=O) groups is 2. The van der Waals surface area contributed by atoms with Crippen molar-refractivity contribution in [2.45, 2.75) is 70.4 Å². The fourth-order valence-corrected chi connectivity index (χ4v) is 3.31. The first-order chi connectivity index (χ1) is 9.90. The van der Waals surface area contributed by atoms with Crippen molar-refractivity contribution in [2.75, 3.05) is 13.1 Å². The quantitative estimate of drug-likeness (QED) is 0.825. The number of nitrogens with one attached hydrogen (secondary N) is 1. The van der Waals surface area contributed by atoms with Crippen LogP contribution in [-0.2, 0) is 9.59 Å². The third-order valence-corrected chi connectivity index (χ3v) is 4.71. The predicted octanol–water partition coefficient (Wildman–Crippen LogP) is 1.83. The third kappa shape index (κ3) is 4.85. The Morgan fingerprint density at radius 3 is 2.27 bits per heavy atom. The maximum atomic E-state index is 12.3. The van der Waals surface area contributed by atoms with E-state index in [0.29, 0.717) is 12.3 Å². The fourth-order valence-electron chi connectivity index (χ4n) is 3.31. The van der Waals surface area contributed by atoms with E-state index in [4.69, 9.17) is 5.73 Å². The molecule has 6 heteroatoms. The molecule has 0 bridgehead atoms. The highest BCUT2D eigenvalue weighted by molar-refractivity contribution is 5.86. The van der Waals surface area contributed by atoms with Crippen LogP contribution in [0.3, 0.4) is 0 Å². The van der Waals surface area contributed by atoms with Gasteiger partial charge in [0.25, 0.3) is 0 Å². The van der Waals surface area contributed by atoms with E-state index in [2.05, 4.69) is 19.2 Å². The second kappa shape index (κ2) is 8.16. The van der Waals surface area contributed by atoms with Crippen LogP contribution in [0.4, 0.5) is 0 Å². The van der Waals surface area contributed by atoms with Gasteiger partial charge in [0.2, 0.25) is 11.8 Å². The summed E-state index contributed by atoms with van der Waals surface area (Å²) in [6.45, 7) is 5.61. The first-order valence-corrected chi connectivity index (χ1v) is 8.28. The first kappa shape index (κ1) is 19.2. The summed E-state index contributed by atoms with van der Waals surface area (Å²) in [5.74, 6) is 0.641. The third-order valence-electron chi connectivity index (χ3n) is 4.71. The number of rotatable bonds is 4. The predicted molar refractivity (Wildman–Crippen MR) is 89.8 cm³/mol. The number of halogens is 1. The van der Waals surface area contributed by atoms with E-state index in [1.54, 1.807) is 0 Å². The lowest BCUT2D eigenvalue weighted by molar-refractivity contribution is -0.133. The van der Waals surface area contributed by atoms with Gasteiger partial charge in [-0.25, -0.2) is 0 Å². The smallest absolute Gasteiger partial charge is 0.240 e. The molecular formula is C16H30ClN3O2. The van der Waals surface area contributed by atoms with Gasteiger partial charge in [-0.1, -0.05) is 26.7 Å². The molecule has 0 unspecified atom stereocenters. The van der Waals surface area contributed by atoms with Crippen molar-refractivity contribution in [3.63, 3.8) is 0 Å². The summed E-state index contributed by atoms with van der Waals surface area (Å²) in [5.41, 5.74) is 5.53. The molecule has 1 saturated carbocycles. The molecule has 5 nitrogen and oxygen atoms in total. The van der Waals surface area contributed by atoms with Gasteiger partial charge in [-0.3, -0.25) is 9.59 Å². The van der Waals surface area contributed by atoms with Gasteiger partial charge in [-0.2, -0.15) is 0 Å². The second-order valence-electron chi connectivity index (χ2n) is 7.09. The molecule has 0 aromatic rings. The molecule has 0 spiro atoms. The molecule has 128 valence electrons. The summed E-state index contributed by atoms with van der Waals surface area (Å²) < 4.78 is 0. The zero-order valence-corrected chi connectivity index (χ0v) is 14.6. The van der Waals surface area contributed by atoms with Crippen molar-refractivity contribution in [1.82, 2.24) is 10.2 Å². The molecule has 2 amide bonds. The monoisotopic (exact) mass is 331 g/mol. The van der Waals surface area contributed by atoms with Crippen LogP contribution in [0, 0.1) is 5.92 Å². The molecule has 1 heterocycles. The average molecular weight is 332 g/mol. The lowest BCUT2D eigenvalue weighted by Crippen LogP contribution is -2.56. The van der Waals surface area contributed by atoms with E-state index >= 15 is 0 Å². The van der Waals surface area contributed by atoms with Crippen molar-refractivity contribution < 1.29 is 9.59 Å². The van der Waals surface area contributed by atoms with Crippen LogP contribution in [0.15, 0.2) is 0 Å². The van der Waals surface area contributed by atoms with Gasteiger partial charge < -0.3 is 16.0 Å². The van der Waals surface area contributed by atoms with E-state index in [1.165, 1.54) is 0 Å². The Bertz CT molecular complexity index is 387. The minimum atomic E-state index is -0.648. The number of hydrogen-bond donors (Lipinski definition) is 2. The Balaban J connectivity index is 0.00000242. The molecule has 0 atom stereocenters. The van der Waals surface area contributed by atoms with Gasteiger partial charge in [-0.15, -0.1) is 12.4 Å². The second-order valence-corrected chi connectivity index (χ2v) is 7.09. The van der Waals surface area contributed by atoms with Crippen molar-refractivity contribution in [2.24, 2.45) is 11.7 Å². The lowest BCUT2D eigenvalue weighted by Gasteiger charge is -2.34. The molecule has 1 aliphatic carbocycles. The minimum absolute atomic E-state index is 0. The zero-order chi connectivity index (χ0) is 15.5. The summed E-state index contributed by atoms with van der Waals surface area (Å²) in [6, 6.07) is 0.168. The van der Waals surface area contributed by atoms with Crippen molar-refractivity contribution in [1.29, 1.82) is 0 Å². The van der Waals surface area contributed by atoms with Crippen molar-refractivity contribution in [3.8, 4) is 0 Å². The van der Waals surface area contributed by atoms with Crippen LogP contribution in [0.25, 0.3) is 0 Å². The van der Waals surface area contributed by atoms with Crippen LogP contribution in [0.1, 0.15) is 58.8 Å². The number of nitrogens with zero attached hydrogens (tertiary/aromatic N) is 1. The Kier molecular flexibility index (Phi) is 7.13. The molecule has 2 fully saturated rings. The summed E-state index contributed by atoms with van der Waals surface area (Å²) in [5, 5.41) is 3.10. The van der Waals surface area contributed by atoms with E-state index in [1.807, 2.05) is 4.90 Å². The highest BCUT2D eigenvalue weighted by atomic mass is 35.5. The molecule has 1 saturated heterocycles. The van der Waals surface area contributed by atoms with Crippen LogP contribution in [0.5, 0.6) is 0 Å². The number of nitrogens with two attached hydrogens (primary N) is 1. The lowest BCUT2D eigenvalue weighted by atomic mass is 9.96. The van der Waals surface area contributed by atoms with E-state index in [9.17, 15) is 9.59 Å². The van der Waals surface area contributed by atoms with Crippen LogP contribution in [0.2, 0.25) is 0 Å². The number of amides is 2. The Labute approximate surface area is 139 Å². The highest BCUT2D eigenvalue weighted by Crippen LogP contribution is 2.27. The summed E-state index contributed by atoms with van der Waals surface area (Å²) in [7, 11) is 0.